The lowest BCUT2D eigenvalue weighted by atomic mass is 9.99. The van der Waals surface area contributed by atoms with Crippen LogP contribution in [0.2, 0.25) is 0 Å². The Morgan fingerprint density at radius 2 is 0.490 bits per heavy atom. The second kappa shape index (κ2) is 68.2. The minimum absolute atomic E-state index is 0.104. The van der Waals surface area contributed by atoms with Gasteiger partial charge in [0.1, 0.15) is 19.3 Å². The van der Waals surface area contributed by atoms with Crippen LogP contribution >= 0.6 is 15.6 Å². The van der Waals surface area contributed by atoms with Crippen LogP contribution in [0.3, 0.4) is 0 Å². The van der Waals surface area contributed by atoms with Crippen molar-refractivity contribution in [3.63, 3.8) is 0 Å². The van der Waals surface area contributed by atoms with Crippen LogP contribution in [0.15, 0.2) is 0 Å². The molecule has 0 fully saturated rings. The van der Waals surface area contributed by atoms with Crippen LogP contribution in [0.5, 0.6) is 0 Å². The van der Waals surface area contributed by atoms with Gasteiger partial charge in [-0.25, -0.2) is 9.13 Å². The Balaban J connectivity index is 5.25. The standard InChI is InChI=1S/C79H154O17P2/c1-9-72(8)58-50-42-34-28-30-38-46-54-62-79(84)96-75(66-90-77(82)60-52-44-36-29-27-33-41-49-57-71(6)7)68-94-98(87,88)92-64-73(80)63-91-97(85,86)93-67-74(65-89-76(81)59-51-43-35-25-21-17-14-13-16-20-24-32-40-48-56-70(4)5)95-78(83)61-53-45-37-26-22-18-12-10-11-15-19-23-31-39-47-55-69(2)3/h69-75,80H,9-68H2,1-8H3,(H,85,86)(H,87,88)/t72?,73?,74-,75-/m1/s1. The van der Waals surface area contributed by atoms with E-state index in [0.717, 1.165) is 114 Å². The van der Waals surface area contributed by atoms with Crippen molar-refractivity contribution in [2.24, 2.45) is 23.7 Å². The van der Waals surface area contributed by atoms with Gasteiger partial charge < -0.3 is 33.8 Å². The molecule has 0 spiro atoms. The molecule has 0 bridgehead atoms. The van der Waals surface area contributed by atoms with Crippen LogP contribution in [0.25, 0.3) is 0 Å². The first-order chi connectivity index (χ1) is 47.1. The van der Waals surface area contributed by atoms with E-state index in [0.29, 0.717) is 25.7 Å². The molecule has 0 saturated heterocycles. The van der Waals surface area contributed by atoms with E-state index in [9.17, 15) is 43.2 Å². The first-order valence-electron chi connectivity index (χ1n) is 40.7. The molecule has 0 radical (unpaired) electrons. The first-order valence-corrected chi connectivity index (χ1v) is 43.7. The summed E-state index contributed by atoms with van der Waals surface area (Å²) in [6, 6.07) is 0. The van der Waals surface area contributed by atoms with Gasteiger partial charge in [0.05, 0.1) is 26.4 Å². The molecule has 0 aliphatic heterocycles. The molecular formula is C79H154O17P2. The van der Waals surface area contributed by atoms with E-state index in [2.05, 4.69) is 55.4 Å². The molecule has 0 heterocycles. The maximum absolute atomic E-state index is 13.1. The molecule has 3 N–H and O–H groups in total. The summed E-state index contributed by atoms with van der Waals surface area (Å²) in [6.45, 7) is 14.2. The summed E-state index contributed by atoms with van der Waals surface area (Å²) >= 11 is 0. The number of esters is 4. The summed E-state index contributed by atoms with van der Waals surface area (Å²) in [4.78, 5) is 72.9. The molecule has 0 amide bonds. The molecule has 0 aromatic rings. The topological polar surface area (TPSA) is 237 Å². The Hall–Kier alpha value is -1.94. The Kier molecular flexibility index (Phi) is 66.8. The largest absolute Gasteiger partial charge is 0.472 e. The highest BCUT2D eigenvalue weighted by molar-refractivity contribution is 7.47. The number of hydrogen-bond acceptors (Lipinski definition) is 15. The van der Waals surface area contributed by atoms with E-state index in [4.69, 9.17) is 37.0 Å². The van der Waals surface area contributed by atoms with Crippen molar-refractivity contribution in [2.45, 2.75) is 420 Å². The van der Waals surface area contributed by atoms with Gasteiger partial charge >= 0.3 is 39.5 Å². The normalized spacial score (nSPS) is 14.3. The number of ether oxygens (including phenoxy) is 4. The lowest BCUT2D eigenvalue weighted by Crippen LogP contribution is -2.30. The zero-order valence-corrected chi connectivity index (χ0v) is 66.2. The third-order valence-electron chi connectivity index (χ3n) is 18.7. The highest BCUT2D eigenvalue weighted by Gasteiger charge is 2.30. The number of hydrogen-bond donors (Lipinski definition) is 3. The van der Waals surface area contributed by atoms with Gasteiger partial charge in [0.15, 0.2) is 12.2 Å². The molecule has 17 nitrogen and oxygen atoms in total. The summed E-state index contributed by atoms with van der Waals surface area (Å²) in [7, 11) is -9.92. The lowest BCUT2D eigenvalue weighted by molar-refractivity contribution is -0.161. The third kappa shape index (κ3) is 71.1. The van der Waals surface area contributed by atoms with Crippen LogP contribution in [0, 0.1) is 23.7 Å². The lowest BCUT2D eigenvalue weighted by Gasteiger charge is -2.21. The van der Waals surface area contributed by atoms with E-state index >= 15 is 0 Å². The Morgan fingerprint density at radius 3 is 0.724 bits per heavy atom. The van der Waals surface area contributed by atoms with Crippen molar-refractivity contribution in [1.82, 2.24) is 0 Å². The molecule has 0 aromatic carbocycles. The van der Waals surface area contributed by atoms with Crippen molar-refractivity contribution in [3.05, 3.63) is 0 Å². The number of unbranched alkanes of at least 4 members (excludes halogenated alkanes) is 41. The smallest absolute Gasteiger partial charge is 0.462 e. The zero-order valence-electron chi connectivity index (χ0n) is 64.4. The maximum atomic E-state index is 13.1. The van der Waals surface area contributed by atoms with Crippen LogP contribution in [0.4, 0.5) is 0 Å². The number of rotatable bonds is 76. The van der Waals surface area contributed by atoms with Crippen molar-refractivity contribution >= 4 is 39.5 Å². The quantitative estimate of drug-likeness (QED) is 0.0222. The molecule has 0 rings (SSSR count). The van der Waals surface area contributed by atoms with Gasteiger partial charge in [0.25, 0.3) is 0 Å². The molecule has 0 aliphatic carbocycles. The zero-order chi connectivity index (χ0) is 72.4. The molecular weight excluding hydrogens is 1280 g/mol. The van der Waals surface area contributed by atoms with Crippen molar-refractivity contribution < 1.29 is 80.2 Å². The molecule has 0 saturated carbocycles. The molecule has 0 aliphatic rings. The number of aliphatic hydroxyl groups is 1. The number of phosphoric acid groups is 2. The molecule has 4 unspecified atom stereocenters. The van der Waals surface area contributed by atoms with Crippen LogP contribution < -0.4 is 0 Å². The monoisotopic (exact) mass is 1440 g/mol. The Bertz CT molecular complexity index is 1920. The highest BCUT2D eigenvalue weighted by Crippen LogP contribution is 2.45. The van der Waals surface area contributed by atoms with Crippen molar-refractivity contribution in [1.29, 1.82) is 0 Å². The fourth-order valence-electron chi connectivity index (χ4n) is 12.0. The fourth-order valence-corrected chi connectivity index (χ4v) is 13.6. The fraction of sp³-hybridized carbons (Fsp3) is 0.949. The van der Waals surface area contributed by atoms with Gasteiger partial charge in [-0.2, -0.15) is 0 Å². The number of aliphatic hydroxyl groups excluding tert-OH is 1. The molecule has 19 heteroatoms. The average Bonchev–Trinajstić information content (AvgIpc) is 1.11. The minimum atomic E-state index is -4.96. The maximum Gasteiger partial charge on any atom is 0.472 e. The second-order valence-corrected chi connectivity index (χ2v) is 33.0. The van der Waals surface area contributed by atoms with Gasteiger partial charge in [0.2, 0.25) is 0 Å². The SMILES string of the molecule is CCC(C)CCCCCCCCCCC(=O)O[C@H](COC(=O)CCCCCCCCCCC(C)C)COP(=O)(O)OCC(O)COP(=O)(O)OC[C@@H](COC(=O)CCCCCCCCCCCCCCCCC(C)C)OC(=O)CCCCCCCCCCCCCCCCCC(C)C. The van der Waals surface area contributed by atoms with Gasteiger partial charge in [-0.3, -0.25) is 37.3 Å². The van der Waals surface area contributed by atoms with Gasteiger partial charge in [0, 0.05) is 25.7 Å². The van der Waals surface area contributed by atoms with Crippen LogP contribution in [-0.2, 0) is 65.4 Å². The van der Waals surface area contributed by atoms with Crippen LogP contribution in [0.1, 0.15) is 402 Å². The second-order valence-electron chi connectivity index (χ2n) is 30.1. The Labute approximate surface area is 600 Å². The predicted molar refractivity (Wildman–Crippen MR) is 400 cm³/mol. The average molecular weight is 1440 g/mol. The summed E-state index contributed by atoms with van der Waals surface area (Å²) in [6.07, 6.45) is 54.1. The van der Waals surface area contributed by atoms with Crippen molar-refractivity contribution in [2.75, 3.05) is 39.6 Å². The van der Waals surface area contributed by atoms with E-state index < -0.39 is 97.5 Å². The van der Waals surface area contributed by atoms with Gasteiger partial charge in [-0.05, 0) is 49.4 Å². The van der Waals surface area contributed by atoms with Gasteiger partial charge in [-0.1, -0.05) is 351 Å². The minimum Gasteiger partial charge on any atom is -0.462 e. The van der Waals surface area contributed by atoms with E-state index in [-0.39, 0.29) is 25.7 Å². The third-order valence-corrected chi connectivity index (χ3v) is 20.6. The summed E-state index contributed by atoms with van der Waals surface area (Å²) in [5.41, 5.74) is 0. The summed E-state index contributed by atoms with van der Waals surface area (Å²) in [5.74, 6) is 0.980. The summed E-state index contributed by atoms with van der Waals surface area (Å²) < 4.78 is 68.6. The number of phosphoric ester groups is 2. The number of carbonyl (C=O) groups excluding carboxylic acids is 4. The van der Waals surface area contributed by atoms with E-state index in [1.807, 2.05) is 0 Å². The Morgan fingerprint density at radius 1 is 0.286 bits per heavy atom. The number of carbonyl (C=O) groups is 4. The predicted octanol–water partition coefficient (Wildman–Crippen LogP) is 23.2. The summed E-state index contributed by atoms with van der Waals surface area (Å²) in [5, 5.41) is 10.6. The van der Waals surface area contributed by atoms with E-state index in [1.54, 1.807) is 0 Å². The first kappa shape index (κ1) is 96.1. The highest BCUT2D eigenvalue weighted by atomic mass is 31.2. The van der Waals surface area contributed by atoms with Crippen LogP contribution in [-0.4, -0.2) is 96.7 Å². The van der Waals surface area contributed by atoms with Crippen molar-refractivity contribution in [3.8, 4) is 0 Å². The molecule has 0 aromatic heterocycles. The molecule has 6 atom stereocenters. The molecule has 582 valence electrons. The van der Waals surface area contributed by atoms with Gasteiger partial charge in [-0.15, -0.1) is 0 Å². The molecule has 98 heavy (non-hydrogen) atoms. The van der Waals surface area contributed by atoms with E-state index in [1.165, 1.54) is 205 Å².